The van der Waals surface area contributed by atoms with E-state index >= 15 is 0 Å². The lowest BCUT2D eigenvalue weighted by molar-refractivity contribution is -0.325. The molecule has 136 valence electrons. The zero-order valence-electron chi connectivity index (χ0n) is 12.0. The second kappa shape index (κ2) is 7.63. The predicted octanol–water partition coefficient (Wildman–Crippen LogP) is -5.40. The van der Waals surface area contributed by atoms with E-state index in [0.29, 0.717) is 0 Å². The van der Waals surface area contributed by atoms with E-state index in [-0.39, 0.29) is 0 Å². The molecule has 11 heteroatoms. The van der Waals surface area contributed by atoms with Crippen LogP contribution in [-0.2, 0) is 14.2 Å². The highest BCUT2D eigenvalue weighted by atomic mass is 16.7. The van der Waals surface area contributed by atoms with Gasteiger partial charge in [0.2, 0.25) is 0 Å². The maximum Gasteiger partial charge on any atom is 0.186 e. The molecule has 8 N–H and O–H groups in total. The molecule has 2 rings (SSSR count). The third-order valence-corrected chi connectivity index (χ3v) is 3.96. The first-order valence-corrected chi connectivity index (χ1v) is 7.07. The molecular formula is C12H22O11. The Kier molecular flexibility index (Phi) is 6.27. The summed E-state index contributed by atoms with van der Waals surface area (Å²) in [7, 11) is 0. The van der Waals surface area contributed by atoms with Crippen LogP contribution in [-0.4, -0.2) is 115 Å². The molecule has 0 aromatic heterocycles. The molecule has 0 radical (unpaired) electrons. The van der Waals surface area contributed by atoms with Gasteiger partial charge >= 0.3 is 0 Å². The zero-order chi connectivity index (χ0) is 17.3. The third kappa shape index (κ3) is 3.81. The molecule has 0 unspecified atom stereocenters. The van der Waals surface area contributed by atoms with Crippen molar-refractivity contribution in [2.45, 2.75) is 61.4 Å². The molecule has 2 heterocycles. The first-order chi connectivity index (χ1) is 10.8. The van der Waals surface area contributed by atoms with Gasteiger partial charge in [-0.1, -0.05) is 0 Å². The van der Waals surface area contributed by atoms with Crippen molar-refractivity contribution >= 4 is 0 Å². The molecule has 2 aliphatic heterocycles. The summed E-state index contributed by atoms with van der Waals surface area (Å²) in [5.74, 6) is 0. The highest BCUT2D eigenvalue weighted by molar-refractivity contribution is 4.91. The number of aliphatic hydroxyl groups is 8. The zero-order valence-corrected chi connectivity index (χ0v) is 12.0. The fourth-order valence-electron chi connectivity index (χ4n) is 2.46. The fraction of sp³-hybridized carbons (Fsp3) is 1.00. The topological polar surface area (TPSA) is 190 Å². The summed E-state index contributed by atoms with van der Waals surface area (Å²) < 4.78 is 15.1. The van der Waals surface area contributed by atoms with Crippen molar-refractivity contribution in [2.75, 3.05) is 13.2 Å². The third-order valence-electron chi connectivity index (χ3n) is 3.96. The van der Waals surface area contributed by atoms with E-state index in [1.165, 1.54) is 0 Å². The number of hydrogen-bond donors (Lipinski definition) is 8. The van der Waals surface area contributed by atoms with E-state index < -0.39 is 74.6 Å². The molecule has 23 heavy (non-hydrogen) atoms. The molecule has 2 aliphatic rings. The van der Waals surface area contributed by atoms with Crippen LogP contribution in [0.15, 0.2) is 0 Å². The second-order valence-corrected chi connectivity index (χ2v) is 5.57. The monoisotopic (exact) mass is 342 g/mol. The average molecular weight is 342 g/mol. The van der Waals surface area contributed by atoms with E-state index in [2.05, 4.69) is 0 Å². The van der Waals surface area contributed by atoms with Crippen LogP contribution in [0.3, 0.4) is 0 Å². The van der Waals surface area contributed by atoms with Gasteiger partial charge in [0.25, 0.3) is 0 Å². The van der Waals surface area contributed by atoms with Gasteiger partial charge in [-0.3, -0.25) is 0 Å². The van der Waals surface area contributed by atoms with Crippen molar-refractivity contribution in [1.82, 2.24) is 0 Å². The Balaban J connectivity index is 1.94. The van der Waals surface area contributed by atoms with Crippen LogP contribution in [0.1, 0.15) is 0 Å². The summed E-state index contributed by atoms with van der Waals surface area (Å²) in [5, 5.41) is 76.1. The van der Waals surface area contributed by atoms with Crippen molar-refractivity contribution in [2.24, 2.45) is 0 Å². The molecule has 0 spiro atoms. The van der Waals surface area contributed by atoms with E-state index in [4.69, 9.17) is 19.3 Å². The average Bonchev–Trinajstić information content (AvgIpc) is 2.54. The normalized spacial score (nSPS) is 51.7. The van der Waals surface area contributed by atoms with Crippen LogP contribution in [0.2, 0.25) is 0 Å². The van der Waals surface area contributed by atoms with Crippen LogP contribution in [0, 0.1) is 0 Å². The quantitative estimate of drug-likeness (QED) is 0.243. The number of hydrogen-bond acceptors (Lipinski definition) is 11. The highest BCUT2D eigenvalue weighted by Gasteiger charge is 2.46. The molecule has 0 aromatic carbocycles. The molecular weight excluding hydrogens is 320 g/mol. The minimum Gasteiger partial charge on any atom is -0.394 e. The Labute approximate surface area is 130 Å². The van der Waals surface area contributed by atoms with Crippen LogP contribution in [0.5, 0.6) is 0 Å². The Morgan fingerprint density at radius 3 is 1.83 bits per heavy atom. The Morgan fingerprint density at radius 2 is 1.22 bits per heavy atom. The molecule has 11 nitrogen and oxygen atoms in total. The lowest BCUT2D eigenvalue weighted by Crippen LogP contribution is -2.61. The van der Waals surface area contributed by atoms with E-state index in [0.717, 1.165) is 0 Å². The van der Waals surface area contributed by atoms with Gasteiger partial charge in [-0.25, -0.2) is 0 Å². The summed E-state index contributed by atoms with van der Waals surface area (Å²) in [6, 6.07) is 0. The maximum atomic E-state index is 9.78. The van der Waals surface area contributed by atoms with Gasteiger partial charge in [-0.15, -0.1) is 0 Å². The first kappa shape index (κ1) is 18.9. The van der Waals surface area contributed by atoms with Gasteiger partial charge in [0.15, 0.2) is 12.6 Å². The Morgan fingerprint density at radius 1 is 0.652 bits per heavy atom. The smallest absolute Gasteiger partial charge is 0.186 e. The fourth-order valence-corrected chi connectivity index (χ4v) is 2.46. The Hall–Kier alpha value is -0.440. The predicted molar refractivity (Wildman–Crippen MR) is 68.6 cm³/mol. The molecule has 2 fully saturated rings. The number of ether oxygens (including phenoxy) is 3. The molecule has 0 aromatic rings. The largest absolute Gasteiger partial charge is 0.394 e. The van der Waals surface area contributed by atoms with Crippen LogP contribution in [0.25, 0.3) is 0 Å². The van der Waals surface area contributed by atoms with Crippen molar-refractivity contribution in [1.29, 1.82) is 0 Å². The van der Waals surface area contributed by atoms with Gasteiger partial charge in [0.1, 0.15) is 48.8 Å². The summed E-state index contributed by atoms with van der Waals surface area (Å²) in [4.78, 5) is 0. The SMILES string of the molecule is OC[C@H]1O[C@@H](OC[C@H]2O[C@@H](O)[C@@H](O)[C@@H](O)[C@@H]2O)[C@@H](O)[C@@H](O)[C@H]1O. The van der Waals surface area contributed by atoms with Crippen molar-refractivity contribution < 1.29 is 55.1 Å². The summed E-state index contributed by atoms with van der Waals surface area (Å²) >= 11 is 0. The van der Waals surface area contributed by atoms with Crippen LogP contribution >= 0.6 is 0 Å². The molecule has 0 bridgehead atoms. The number of aliphatic hydroxyl groups excluding tert-OH is 8. The van der Waals surface area contributed by atoms with Crippen LogP contribution < -0.4 is 0 Å². The van der Waals surface area contributed by atoms with E-state index in [1.54, 1.807) is 0 Å². The lowest BCUT2D eigenvalue weighted by atomic mass is 9.98. The van der Waals surface area contributed by atoms with Gasteiger partial charge in [0.05, 0.1) is 13.2 Å². The summed E-state index contributed by atoms with van der Waals surface area (Å²) in [6.45, 7) is -1.10. The van der Waals surface area contributed by atoms with Crippen molar-refractivity contribution in [3.63, 3.8) is 0 Å². The Bertz CT molecular complexity index is 380. The number of rotatable bonds is 4. The summed E-state index contributed by atoms with van der Waals surface area (Å²) in [5.41, 5.74) is 0. The summed E-state index contributed by atoms with van der Waals surface area (Å²) in [6.07, 6.45) is -15.3. The molecule has 0 saturated carbocycles. The molecule has 0 amide bonds. The van der Waals surface area contributed by atoms with Gasteiger partial charge in [-0.05, 0) is 0 Å². The van der Waals surface area contributed by atoms with Crippen molar-refractivity contribution in [3.8, 4) is 0 Å². The molecule has 2 saturated heterocycles. The highest BCUT2D eigenvalue weighted by Crippen LogP contribution is 2.24. The van der Waals surface area contributed by atoms with Gasteiger partial charge < -0.3 is 55.1 Å². The van der Waals surface area contributed by atoms with Gasteiger partial charge in [-0.2, -0.15) is 0 Å². The minimum atomic E-state index is -1.74. The molecule has 0 aliphatic carbocycles. The maximum absolute atomic E-state index is 9.78. The first-order valence-electron chi connectivity index (χ1n) is 7.07. The van der Waals surface area contributed by atoms with Crippen LogP contribution in [0.4, 0.5) is 0 Å². The lowest BCUT2D eigenvalue weighted by Gasteiger charge is -2.41. The van der Waals surface area contributed by atoms with Gasteiger partial charge in [0, 0.05) is 0 Å². The second-order valence-electron chi connectivity index (χ2n) is 5.57. The van der Waals surface area contributed by atoms with Crippen molar-refractivity contribution in [3.05, 3.63) is 0 Å². The minimum absolute atomic E-state index is 0.468. The van der Waals surface area contributed by atoms with E-state index in [9.17, 15) is 35.7 Å². The molecule has 10 atom stereocenters. The standard InChI is InChI=1S/C12H22O11/c13-1-3-5(14)8(17)10(19)12(23-3)21-2-4-6(15)7(16)9(18)11(20)22-4/h3-20H,1-2H2/t3-,4-,5+,6-,7+,8+,9+,10+,11-,12-/m1/s1. The van der Waals surface area contributed by atoms with E-state index in [1.807, 2.05) is 0 Å².